The average Bonchev–Trinajstić information content (AvgIpc) is 2.61. The Morgan fingerprint density at radius 2 is 1.84 bits per heavy atom. The number of nitrogens with zero attached hydrogens (tertiary/aromatic N) is 2. The highest BCUT2D eigenvalue weighted by Gasteiger charge is 2.23. The lowest BCUT2D eigenvalue weighted by molar-refractivity contribution is 0.0740. The molecule has 1 saturated heterocycles. The lowest BCUT2D eigenvalue weighted by Crippen LogP contribution is -2.49. The van der Waals surface area contributed by atoms with E-state index in [1.165, 1.54) is 36.2 Å². The second kappa shape index (κ2) is 7.01. The summed E-state index contributed by atoms with van der Waals surface area (Å²) in [6.07, 6.45) is 1.43. The molecular formula is C19H23N3O3. The van der Waals surface area contributed by atoms with Gasteiger partial charge in [-0.1, -0.05) is 17.7 Å². The van der Waals surface area contributed by atoms with Crippen molar-refractivity contribution in [2.45, 2.75) is 13.8 Å². The molecule has 0 bridgehead atoms. The van der Waals surface area contributed by atoms with Crippen molar-refractivity contribution in [3.8, 4) is 5.75 Å². The van der Waals surface area contributed by atoms with E-state index in [1.807, 2.05) is 0 Å². The average molecular weight is 341 g/mol. The van der Waals surface area contributed by atoms with Crippen LogP contribution in [0.1, 0.15) is 21.6 Å². The largest absolute Gasteiger partial charge is 0.491 e. The van der Waals surface area contributed by atoms with Crippen molar-refractivity contribution in [3.05, 3.63) is 57.5 Å². The topological polar surface area (TPSA) is 65.6 Å². The molecule has 0 radical (unpaired) electrons. The number of nitrogens with one attached hydrogen (secondary N) is 1. The number of carbonyl (C=O) groups excluding carboxylic acids is 1. The molecule has 6 nitrogen and oxygen atoms in total. The lowest BCUT2D eigenvalue weighted by Gasteiger charge is -2.36. The molecular weight excluding hydrogens is 318 g/mol. The van der Waals surface area contributed by atoms with E-state index >= 15 is 0 Å². The maximum Gasteiger partial charge on any atom is 0.270 e. The molecule has 0 saturated carbocycles. The molecule has 1 aromatic heterocycles. The zero-order chi connectivity index (χ0) is 18.0. The molecule has 1 N–H and O–H groups in total. The van der Waals surface area contributed by atoms with Crippen LogP contribution in [0.4, 0.5) is 5.69 Å². The molecule has 1 aliphatic rings. The minimum atomic E-state index is -0.293. The molecule has 6 heteroatoms. The van der Waals surface area contributed by atoms with Gasteiger partial charge in [-0.05, 0) is 25.5 Å². The van der Waals surface area contributed by atoms with E-state index in [1.54, 1.807) is 4.90 Å². The van der Waals surface area contributed by atoms with Gasteiger partial charge in [0, 0.05) is 44.1 Å². The Morgan fingerprint density at radius 1 is 1.12 bits per heavy atom. The summed E-state index contributed by atoms with van der Waals surface area (Å²) in [5.74, 6) is 0.0521. The lowest BCUT2D eigenvalue weighted by atomic mass is 10.1. The standard InChI is InChI=1S/C19H23N3O3/c1-13-4-5-16(14(2)10-13)21-6-8-22(9-7-21)19(24)15-11-17(23)18(25-3)12-20-15/h4-5,10-12H,6-9H2,1-3H3,(H,20,23). The van der Waals surface area contributed by atoms with Gasteiger partial charge in [-0.2, -0.15) is 0 Å². The number of rotatable bonds is 3. The molecule has 0 spiro atoms. The first-order chi connectivity index (χ1) is 12.0. The van der Waals surface area contributed by atoms with Crippen LogP contribution in [0.15, 0.2) is 35.3 Å². The summed E-state index contributed by atoms with van der Waals surface area (Å²) in [4.78, 5) is 31.4. The van der Waals surface area contributed by atoms with E-state index in [0.717, 1.165) is 13.1 Å². The van der Waals surface area contributed by atoms with Crippen LogP contribution in [-0.2, 0) is 0 Å². The van der Waals surface area contributed by atoms with Crippen LogP contribution >= 0.6 is 0 Å². The van der Waals surface area contributed by atoms with E-state index in [4.69, 9.17) is 4.74 Å². The van der Waals surface area contributed by atoms with Gasteiger partial charge in [-0.25, -0.2) is 0 Å². The first-order valence-electron chi connectivity index (χ1n) is 8.38. The van der Waals surface area contributed by atoms with Crippen molar-refractivity contribution in [3.63, 3.8) is 0 Å². The molecule has 0 unspecified atom stereocenters. The third kappa shape index (κ3) is 3.52. The van der Waals surface area contributed by atoms with E-state index in [-0.39, 0.29) is 17.1 Å². The maximum atomic E-state index is 12.6. The summed E-state index contributed by atoms with van der Waals surface area (Å²) in [6, 6.07) is 7.73. The van der Waals surface area contributed by atoms with Crippen LogP contribution in [0.3, 0.4) is 0 Å². The van der Waals surface area contributed by atoms with Crippen molar-refractivity contribution in [1.82, 2.24) is 9.88 Å². The number of benzene rings is 1. The van der Waals surface area contributed by atoms with Gasteiger partial charge in [0.25, 0.3) is 5.91 Å². The zero-order valence-electron chi connectivity index (χ0n) is 14.8. The van der Waals surface area contributed by atoms with Gasteiger partial charge in [0.05, 0.1) is 7.11 Å². The van der Waals surface area contributed by atoms with E-state index in [2.05, 4.69) is 41.9 Å². The number of carbonyl (C=O) groups is 1. The van der Waals surface area contributed by atoms with Gasteiger partial charge in [-0.15, -0.1) is 0 Å². The SMILES string of the molecule is COc1c[nH]c(C(=O)N2CCN(c3ccc(C)cc3C)CC2)cc1=O. The van der Waals surface area contributed by atoms with Gasteiger partial charge in [-0.3, -0.25) is 9.59 Å². The Bertz CT molecular complexity index is 836. The maximum absolute atomic E-state index is 12.6. The van der Waals surface area contributed by atoms with Crippen LogP contribution in [0, 0.1) is 13.8 Å². The molecule has 1 aromatic carbocycles. The third-order valence-corrected chi connectivity index (χ3v) is 4.59. The Balaban J connectivity index is 1.68. The minimum Gasteiger partial charge on any atom is -0.491 e. The molecule has 1 fully saturated rings. The monoisotopic (exact) mass is 341 g/mol. The number of methoxy groups -OCH3 is 1. The molecule has 2 aromatic rings. The Kier molecular flexibility index (Phi) is 4.79. The Labute approximate surface area is 147 Å². The highest BCUT2D eigenvalue weighted by molar-refractivity contribution is 5.92. The Morgan fingerprint density at radius 3 is 2.44 bits per heavy atom. The van der Waals surface area contributed by atoms with E-state index in [9.17, 15) is 9.59 Å². The predicted octanol–water partition coefficient (Wildman–Crippen LogP) is 1.96. The number of ether oxygens (including phenoxy) is 1. The summed E-state index contributed by atoms with van der Waals surface area (Å²) in [5, 5.41) is 0. The summed E-state index contributed by atoms with van der Waals surface area (Å²) in [5.41, 5.74) is 3.72. The number of aromatic nitrogens is 1. The summed E-state index contributed by atoms with van der Waals surface area (Å²) >= 11 is 0. The van der Waals surface area contributed by atoms with Crippen molar-refractivity contribution in [1.29, 1.82) is 0 Å². The molecule has 3 rings (SSSR count). The highest BCUT2D eigenvalue weighted by atomic mass is 16.5. The van der Waals surface area contributed by atoms with Crippen LogP contribution in [0.5, 0.6) is 5.75 Å². The van der Waals surface area contributed by atoms with E-state index in [0.29, 0.717) is 18.8 Å². The number of piperazine rings is 1. The summed E-state index contributed by atoms with van der Waals surface area (Å²) < 4.78 is 4.93. The van der Waals surface area contributed by atoms with Crippen molar-refractivity contribution < 1.29 is 9.53 Å². The van der Waals surface area contributed by atoms with Gasteiger partial charge in [0.15, 0.2) is 5.75 Å². The smallest absolute Gasteiger partial charge is 0.270 e. The van der Waals surface area contributed by atoms with Crippen LogP contribution < -0.4 is 15.1 Å². The third-order valence-electron chi connectivity index (χ3n) is 4.59. The fourth-order valence-corrected chi connectivity index (χ4v) is 3.22. The number of hydrogen-bond donors (Lipinski definition) is 1. The summed E-state index contributed by atoms with van der Waals surface area (Å²) in [7, 11) is 1.43. The number of amides is 1. The van der Waals surface area contributed by atoms with Crippen molar-refractivity contribution in [2.75, 3.05) is 38.2 Å². The van der Waals surface area contributed by atoms with Crippen LogP contribution in [-0.4, -0.2) is 49.1 Å². The number of aryl methyl sites for hydroxylation is 2. The molecule has 25 heavy (non-hydrogen) atoms. The van der Waals surface area contributed by atoms with Gasteiger partial charge >= 0.3 is 0 Å². The minimum absolute atomic E-state index is 0.153. The van der Waals surface area contributed by atoms with Crippen molar-refractivity contribution in [2.24, 2.45) is 0 Å². The van der Waals surface area contributed by atoms with Crippen molar-refractivity contribution >= 4 is 11.6 Å². The number of H-pyrrole nitrogens is 1. The second-order valence-corrected chi connectivity index (χ2v) is 6.35. The van der Waals surface area contributed by atoms with Gasteiger partial charge in [0.1, 0.15) is 5.69 Å². The highest BCUT2D eigenvalue weighted by Crippen LogP contribution is 2.22. The quantitative estimate of drug-likeness (QED) is 0.927. The Hall–Kier alpha value is -2.76. The molecule has 0 atom stereocenters. The van der Waals surface area contributed by atoms with E-state index < -0.39 is 0 Å². The molecule has 0 aliphatic carbocycles. The number of aromatic amines is 1. The molecule has 1 aliphatic heterocycles. The first-order valence-corrected chi connectivity index (χ1v) is 8.38. The first kappa shape index (κ1) is 17.1. The number of hydrogen-bond acceptors (Lipinski definition) is 4. The normalized spacial score (nSPS) is 14.5. The fraction of sp³-hybridized carbons (Fsp3) is 0.368. The van der Waals surface area contributed by atoms with Crippen LogP contribution in [0.2, 0.25) is 0 Å². The van der Waals surface area contributed by atoms with Gasteiger partial charge in [0.2, 0.25) is 5.43 Å². The predicted molar refractivity (Wildman–Crippen MR) is 97.6 cm³/mol. The molecule has 1 amide bonds. The fourth-order valence-electron chi connectivity index (χ4n) is 3.22. The van der Waals surface area contributed by atoms with Gasteiger partial charge < -0.3 is 19.5 Å². The molecule has 2 heterocycles. The summed E-state index contributed by atoms with van der Waals surface area (Å²) in [6.45, 7) is 7.00. The zero-order valence-corrected chi connectivity index (χ0v) is 14.8. The molecule has 132 valence electrons. The number of pyridine rings is 1. The van der Waals surface area contributed by atoms with Crippen LogP contribution in [0.25, 0.3) is 0 Å². The number of anilines is 1. The second-order valence-electron chi connectivity index (χ2n) is 6.35.